The van der Waals surface area contributed by atoms with Gasteiger partial charge >= 0.3 is 0 Å². The van der Waals surface area contributed by atoms with Crippen LogP contribution in [0, 0.1) is 0 Å². The zero-order valence-electron chi connectivity index (χ0n) is 19.4. The maximum absolute atomic E-state index is 12.5. The van der Waals surface area contributed by atoms with Gasteiger partial charge in [0, 0.05) is 23.9 Å². The van der Waals surface area contributed by atoms with Crippen molar-refractivity contribution in [1.82, 2.24) is 19.8 Å². The number of amides is 2. The van der Waals surface area contributed by atoms with Crippen molar-refractivity contribution in [2.45, 2.75) is 12.1 Å². The van der Waals surface area contributed by atoms with Crippen molar-refractivity contribution in [3.63, 3.8) is 0 Å². The average molecular weight is 495 g/mol. The first kappa shape index (κ1) is 23.3. The van der Waals surface area contributed by atoms with Gasteiger partial charge in [0.2, 0.25) is 17.0 Å². The van der Waals surface area contributed by atoms with Crippen molar-refractivity contribution in [3.8, 4) is 22.4 Å². The maximum Gasteiger partial charge on any atom is 0.234 e. The Kier molecular flexibility index (Phi) is 6.72. The van der Waals surface area contributed by atoms with Gasteiger partial charge in [-0.2, -0.15) is 9.61 Å². The van der Waals surface area contributed by atoms with Gasteiger partial charge in [0.1, 0.15) is 0 Å². The highest BCUT2D eigenvalue weighted by Gasteiger charge is 2.12. The summed E-state index contributed by atoms with van der Waals surface area (Å²) in [5.74, 6) is -0.251. The van der Waals surface area contributed by atoms with E-state index in [0.717, 1.165) is 22.4 Å². The molecule has 0 aliphatic rings. The fourth-order valence-electron chi connectivity index (χ4n) is 3.68. The number of fused-ring (bicyclic) bond motifs is 1. The van der Waals surface area contributed by atoms with Crippen LogP contribution in [0.15, 0.2) is 96.2 Å². The van der Waals surface area contributed by atoms with Crippen molar-refractivity contribution in [2.75, 3.05) is 16.4 Å². The van der Waals surface area contributed by atoms with Gasteiger partial charge in [-0.1, -0.05) is 72.4 Å². The quantitative estimate of drug-likeness (QED) is 0.304. The van der Waals surface area contributed by atoms with Crippen LogP contribution in [0.2, 0.25) is 0 Å². The van der Waals surface area contributed by atoms with E-state index in [9.17, 15) is 9.59 Å². The summed E-state index contributed by atoms with van der Waals surface area (Å²) in [5.41, 5.74) is 5.86. The van der Waals surface area contributed by atoms with Crippen molar-refractivity contribution < 1.29 is 9.59 Å². The molecule has 0 radical (unpaired) electrons. The van der Waals surface area contributed by atoms with Gasteiger partial charge in [-0.25, -0.2) is 0 Å². The third-order valence-corrected chi connectivity index (χ3v) is 6.24. The van der Waals surface area contributed by atoms with Crippen LogP contribution < -0.4 is 10.6 Å². The topological polar surface area (TPSA) is 101 Å². The molecule has 2 N–H and O–H groups in total. The molecule has 0 unspecified atom stereocenters. The normalized spacial score (nSPS) is 10.8. The summed E-state index contributed by atoms with van der Waals surface area (Å²) in [6.45, 7) is 1.43. The number of rotatable bonds is 7. The third kappa shape index (κ3) is 5.42. The largest absolute Gasteiger partial charge is 0.326 e. The number of carbonyl (C=O) groups is 2. The molecule has 0 atom stereocenters. The van der Waals surface area contributed by atoms with E-state index >= 15 is 0 Å². The van der Waals surface area contributed by atoms with Gasteiger partial charge in [0.05, 0.1) is 11.4 Å². The highest BCUT2D eigenvalue weighted by molar-refractivity contribution is 7.99. The molecule has 2 heterocycles. The molecule has 0 saturated carbocycles. The minimum Gasteiger partial charge on any atom is -0.326 e. The number of nitrogens with one attached hydrogen (secondary N) is 2. The van der Waals surface area contributed by atoms with Crippen molar-refractivity contribution in [3.05, 3.63) is 91.0 Å². The second-order valence-corrected chi connectivity index (χ2v) is 8.96. The zero-order valence-corrected chi connectivity index (χ0v) is 20.2. The molecule has 2 amide bonds. The van der Waals surface area contributed by atoms with Crippen LogP contribution in [0.1, 0.15) is 6.92 Å². The lowest BCUT2D eigenvalue weighted by Gasteiger charge is -2.08. The standard InChI is InChI=1S/C27H22N6O2S/c1-18(34)28-22-8-5-9-23(16-22)29-26(35)17-36-27-31-30-25-15-14-24(32-33(25)27)21-12-10-20(11-13-21)19-6-3-2-4-7-19/h2-16H,17H2,1H3,(H,28,34)(H,29,35). The van der Waals surface area contributed by atoms with Crippen molar-refractivity contribution in [1.29, 1.82) is 0 Å². The molecule has 0 spiro atoms. The molecule has 3 aromatic carbocycles. The Labute approximate surface area is 211 Å². The van der Waals surface area contributed by atoms with Crippen LogP contribution >= 0.6 is 11.8 Å². The Hall–Kier alpha value is -4.50. The monoisotopic (exact) mass is 494 g/mol. The van der Waals surface area contributed by atoms with E-state index in [4.69, 9.17) is 5.10 Å². The first-order valence-electron chi connectivity index (χ1n) is 11.2. The van der Waals surface area contributed by atoms with Gasteiger partial charge in [0.15, 0.2) is 5.65 Å². The van der Waals surface area contributed by atoms with Crippen molar-refractivity contribution in [2.24, 2.45) is 0 Å². The van der Waals surface area contributed by atoms with Crippen LogP contribution in [0.5, 0.6) is 0 Å². The Bertz CT molecular complexity index is 1530. The van der Waals surface area contributed by atoms with Crippen LogP contribution in [0.25, 0.3) is 28.0 Å². The molecule has 8 nitrogen and oxygen atoms in total. The molecule has 0 aliphatic heterocycles. The molecule has 0 saturated heterocycles. The first-order chi connectivity index (χ1) is 17.5. The summed E-state index contributed by atoms with van der Waals surface area (Å²) < 4.78 is 1.65. The molecule has 5 aromatic rings. The predicted octanol–water partition coefficient (Wildman–Crippen LogP) is 5.15. The van der Waals surface area contributed by atoms with Gasteiger partial charge in [-0.3, -0.25) is 9.59 Å². The molecule has 5 rings (SSSR count). The number of anilines is 2. The molecule has 36 heavy (non-hydrogen) atoms. The lowest BCUT2D eigenvalue weighted by Crippen LogP contribution is -2.15. The summed E-state index contributed by atoms with van der Waals surface area (Å²) in [7, 11) is 0. The Morgan fingerprint density at radius 3 is 2.22 bits per heavy atom. The Morgan fingerprint density at radius 1 is 0.778 bits per heavy atom. The smallest absolute Gasteiger partial charge is 0.234 e. The van der Waals surface area contributed by atoms with Crippen LogP contribution in [0.4, 0.5) is 11.4 Å². The third-order valence-electron chi connectivity index (χ3n) is 5.32. The average Bonchev–Trinajstić information content (AvgIpc) is 3.30. The second-order valence-electron chi connectivity index (χ2n) is 8.01. The highest BCUT2D eigenvalue weighted by Crippen LogP contribution is 2.25. The van der Waals surface area contributed by atoms with Crippen LogP contribution in [0.3, 0.4) is 0 Å². The van der Waals surface area contributed by atoms with E-state index in [1.165, 1.54) is 18.7 Å². The number of hydrogen-bond acceptors (Lipinski definition) is 6. The minimum absolute atomic E-state index is 0.128. The fourth-order valence-corrected chi connectivity index (χ4v) is 4.37. The molecule has 2 aromatic heterocycles. The van der Waals surface area contributed by atoms with E-state index in [1.807, 2.05) is 42.5 Å². The van der Waals surface area contributed by atoms with Gasteiger partial charge < -0.3 is 10.6 Å². The number of carbonyl (C=O) groups excluding carboxylic acids is 2. The SMILES string of the molecule is CC(=O)Nc1cccc(NC(=O)CSc2nnc3ccc(-c4ccc(-c5ccccc5)cc4)nn23)c1. The number of thioether (sulfide) groups is 1. The molecule has 0 fully saturated rings. The van der Waals surface area contributed by atoms with E-state index in [2.05, 4.69) is 45.1 Å². The maximum atomic E-state index is 12.5. The summed E-state index contributed by atoms with van der Waals surface area (Å²) in [6.07, 6.45) is 0. The van der Waals surface area contributed by atoms with Crippen LogP contribution in [-0.4, -0.2) is 37.4 Å². The summed E-state index contributed by atoms with van der Waals surface area (Å²) in [6, 6.07) is 29.2. The number of hydrogen-bond donors (Lipinski definition) is 2. The Morgan fingerprint density at radius 2 is 1.47 bits per heavy atom. The van der Waals surface area contributed by atoms with Crippen molar-refractivity contribution >= 4 is 40.6 Å². The lowest BCUT2D eigenvalue weighted by molar-refractivity contribution is -0.114. The second kappa shape index (κ2) is 10.4. The van der Waals surface area contributed by atoms with E-state index in [1.54, 1.807) is 28.8 Å². The van der Waals surface area contributed by atoms with Gasteiger partial charge in [-0.15, -0.1) is 10.2 Å². The minimum atomic E-state index is -0.204. The van der Waals surface area contributed by atoms with E-state index < -0.39 is 0 Å². The number of nitrogens with zero attached hydrogens (tertiary/aromatic N) is 4. The lowest BCUT2D eigenvalue weighted by atomic mass is 10.0. The number of aromatic nitrogens is 4. The summed E-state index contributed by atoms with van der Waals surface area (Å²) in [4.78, 5) is 23.8. The van der Waals surface area contributed by atoms with Crippen LogP contribution in [-0.2, 0) is 9.59 Å². The molecule has 0 aliphatic carbocycles. The summed E-state index contributed by atoms with van der Waals surface area (Å²) in [5, 5.41) is 19.1. The molecule has 0 bridgehead atoms. The first-order valence-corrected chi connectivity index (χ1v) is 12.2. The molecule has 178 valence electrons. The fraction of sp³-hybridized carbons (Fsp3) is 0.0741. The van der Waals surface area contributed by atoms with E-state index in [-0.39, 0.29) is 17.6 Å². The highest BCUT2D eigenvalue weighted by atomic mass is 32.2. The van der Waals surface area contributed by atoms with E-state index in [0.29, 0.717) is 22.2 Å². The molecule has 9 heteroatoms. The number of benzene rings is 3. The van der Waals surface area contributed by atoms with Gasteiger partial charge in [-0.05, 0) is 41.5 Å². The summed E-state index contributed by atoms with van der Waals surface area (Å²) >= 11 is 1.25. The molecular formula is C27H22N6O2S. The predicted molar refractivity (Wildman–Crippen MR) is 142 cm³/mol. The van der Waals surface area contributed by atoms with Gasteiger partial charge in [0.25, 0.3) is 0 Å². The molecular weight excluding hydrogens is 472 g/mol. The Balaban J connectivity index is 1.28. The zero-order chi connectivity index (χ0) is 24.9.